The molecule has 5 nitrogen and oxygen atoms in total. The van der Waals surface area contributed by atoms with Crippen LogP contribution in [-0.2, 0) is 4.74 Å². The summed E-state index contributed by atoms with van der Waals surface area (Å²) in [5.41, 5.74) is 2.43. The maximum Gasteiger partial charge on any atom is 0.323 e. The SMILES string of the molecule is O=c1[nH]c2cc(Br)c(NCC3CCOC3)cc2[nH]1. The van der Waals surface area contributed by atoms with Crippen LogP contribution in [0.4, 0.5) is 5.69 Å². The number of hydrogen-bond acceptors (Lipinski definition) is 3. The third-order valence-electron chi connectivity index (χ3n) is 3.21. The number of anilines is 1. The van der Waals surface area contributed by atoms with Gasteiger partial charge in [-0.05, 0) is 34.5 Å². The van der Waals surface area contributed by atoms with Gasteiger partial charge in [0, 0.05) is 23.5 Å². The lowest BCUT2D eigenvalue weighted by atomic mass is 10.1. The van der Waals surface area contributed by atoms with Gasteiger partial charge >= 0.3 is 5.69 Å². The van der Waals surface area contributed by atoms with Crippen molar-refractivity contribution in [3.63, 3.8) is 0 Å². The molecule has 1 unspecified atom stereocenters. The number of H-pyrrole nitrogens is 2. The van der Waals surface area contributed by atoms with Crippen molar-refractivity contribution in [3.05, 3.63) is 27.1 Å². The summed E-state index contributed by atoms with van der Waals surface area (Å²) in [5, 5.41) is 3.39. The number of aromatic amines is 2. The van der Waals surface area contributed by atoms with Gasteiger partial charge in [-0.3, -0.25) is 0 Å². The zero-order valence-electron chi connectivity index (χ0n) is 9.75. The second-order valence-corrected chi connectivity index (χ2v) is 5.42. The molecule has 18 heavy (non-hydrogen) atoms. The van der Waals surface area contributed by atoms with E-state index in [2.05, 4.69) is 31.2 Å². The van der Waals surface area contributed by atoms with Crippen LogP contribution in [0.3, 0.4) is 0 Å². The second kappa shape index (κ2) is 4.78. The monoisotopic (exact) mass is 311 g/mol. The lowest BCUT2D eigenvalue weighted by molar-refractivity contribution is 0.187. The molecule has 0 spiro atoms. The van der Waals surface area contributed by atoms with Gasteiger partial charge in [-0.1, -0.05) is 0 Å². The Morgan fingerprint density at radius 2 is 2.17 bits per heavy atom. The van der Waals surface area contributed by atoms with Crippen molar-refractivity contribution in [1.29, 1.82) is 0 Å². The molecular weight excluding hydrogens is 298 g/mol. The van der Waals surface area contributed by atoms with E-state index in [1.165, 1.54) is 0 Å². The largest absolute Gasteiger partial charge is 0.384 e. The van der Waals surface area contributed by atoms with Gasteiger partial charge < -0.3 is 20.0 Å². The molecule has 1 aromatic heterocycles. The van der Waals surface area contributed by atoms with Crippen molar-refractivity contribution in [3.8, 4) is 0 Å². The van der Waals surface area contributed by atoms with Crippen LogP contribution in [-0.4, -0.2) is 29.7 Å². The Kier molecular flexibility index (Phi) is 3.13. The van der Waals surface area contributed by atoms with Crippen molar-refractivity contribution in [2.45, 2.75) is 6.42 Å². The molecule has 0 saturated carbocycles. The van der Waals surface area contributed by atoms with Crippen molar-refractivity contribution in [2.24, 2.45) is 5.92 Å². The summed E-state index contributed by atoms with van der Waals surface area (Å²) >= 11 is 3.51. The van der Waals surface area contributed by atoms with Crippen LogP contribution in [0, 0.1) is 5.92 Å². The van der Waals surface area contributed by atoms with E-state index in [1.54, 1.807) is 0 Å². The maximum atomic E-state index is 11.2. The Balaban J connectivity index is 1.81. The second-order valence-electron chi connectivity index (χ2n) is 4.57. The number of hydrogen-bond donors (Lipinski definition) is 3. The van der Waals surface area contributed by atoms with Gasteiger partial charge in [0.1, 0.15) is 0 Å². The fourth-order valence-electron chi connectivity index (χ4n) is 2.19. The molecule has 1 aliphatic heterocycles. The molecule has 0 bridgehead atoms. The Hall–Kier alpha value is -1.27. The zero-order valence-corrected chi connectivity index (χ0v) is 11.3. The first-order valence-corrected chi connectivity index (χ1v) is 6.75. The van der Waals surface area contributed by atoms with E-state index < -0.39 is 0 Å². The van der Waals surface area contributed by atoms with Crippen molar-refractivity contribution >= 4 is 32.7 Å². The standard InChI is InChI=1S/C12H14BrN3O2/c13-8-3-10-11(16-12(17)15-10)4-9(8)14-5-7-1-2-18-6-7/h3-4,7,14H,1-2,5-6H2,(H2,15,16,17). The summed E-state index contributed by atoms with van der Waals surface area (Å²) in [6.07, 6.45) is 1.11. The highest BCUT2D eigenvalue weighted by Gasteiger charge is 2.15. The summed E-state index contributed by atoms with van der Waals surface area (Å²) in [5.74, 6) is 0.567. The Morgan fingerprint density at radius 3 is 2.89 bits per heavy atom. The topological polar surface area (TPSA) is 69.9 Å². The third-order valence-corrected chi connectivity index (χ3v) is 3.86. The molecule has 1 saturated heterocycles. The number of halogens is 1. The number of fused-ring (bicyclic) bond motifs is 1. The number of imidazole rings is 1. The first kappa shape index (κ1) is 11.8. The number of nitrogens with one attached hydrogen (secondary N) is 3. The van der Waals surface area contributed by atoms with E-state index in [0.717, 1.165) is 47.4 Å². The summed E-state index contributed by atoms with van der Waals surface area (Å²) in [7, 11) is 0. The molecule has 2 heterocycles. The summed E-state index contributed by atoms with van der Waals surface area (Å²) < 4.78 is 6.29. The molecule has 6 heteroatoms. The lowest BCUT2D eigenvalue weighted by Gasteiger charge is -2.12. The van der Waals surface area contributed by atoms with Gasteiger partial charge in [0.15, 0.2) is 0 Å². The van der Waals surface area contributed by atoms with E-state index >= 15 is 0 Å². The van der Waals surface area contributed by atoms with Gasteiger partial charge in [-0.25, -0.2) is 4.79 Å². The Morgan fingerprint density at radius 1 is 1.39 bits per heavy atom. The molecule has 1 fully saturated rings. The van der Waals surface area contributed by atoms with Crippen LogP contribution in [0.15, 0.2) is 21.4 Å². The third kappa shape index (κ3) is 2.30. The van der Waals surface area contributed by atoms with E-state index in [9.17, 15) is 4.79 Å². The number of ether oxygens (including phenoxy) is 1. The molecule has 3 rings (SSSR count). The fourth-order valence-corrected chi connectivity index (χ4v) is 2.67. The highest BCUT2D eigenvalue weighted by molar-refractivity contribution is 9.10. The smallest absolute Gasteiger partial charge is 0.323 e. The molecule has 2 aromatic rings. The van der Waals surface area contributed by atoms with Gasteiger partial charge in [0.05, 0.1) is 23.3 Å². The van der Waals surface area contributed by atoms with E-state index in [0.29, 0.717) is 5.92 Å². The van der Waals surface area contributed by atoms with Crippen molar-refractivity contribution < 1.29 is 4.74 Å². The van der Waals surface area contributed by atoms with Crippen LogP contribution < -0.4 is 11.0 Å². The minimum atomic E-state index is -0.182. The quantitative estimate of drug-likeness (QED) is 0.812. The maximum absolute atomic E-state index is 11.2. The average molecular weight is 312 g/mol. The first-order chi connectivity index (χ1) is 8.72. The number of rotatable bonds is 3. The summed E-state index contributed by atoms with van der Waals surface area (Å²) in [6.45, 7) is 2.57. The van der Waals surface area contributed by atoms with Crippen molar-refractivity contribution in [2.75, 3.05) is 25.1 Å². The molecule has 1 aromatic carbocycles. The van der Waals surface area contributed by atoms with E-state index in [1.807, 2.05) is 12.1 Å². The average Bonchev–Trinajstić information content (AvgIpc) is 2.94. The highest BCUT2D eigenvalue weighted by Crippen LogP contribution is 2.27. The van der Waals surface area contributed by atoms with Crippen LogP contribution in [0.2, 0.25) is 0 Å². The minimum Gasteiger partial charge on any atom is -0.384 e. The molecular formula is C12H14BrN3O2. The normalized spacial score (nSPS) is 19.5. The molecule has 3 N–H and O–H groups in total. The summed E-state index contributed by atoms with van der Waals surface area (Å²) in [6, 6.07) is 3.84. The molecule has 0 aliphatic carbocycles. The van der Waals surface area contributed by atoms with E-state index in [4.69, 9.17) is 4.74 Å². The Labute approximate surface area is 112 Å². The van der Waals surface area contributed by atoms with Crippen LogP contribution >= 0.6 is 15.9 Å². The number of benzene rings is 1. The zero-order chi connectivity index (χ0) is 12.5. The highest BCUT2D eigenvalue weighted by atomic mass is 79.9. The van der Waals surface area contributed by atoms with Gasteiger partial charge in [-0.2, -0.15) is 0 Å². The summed E-state index contributed by atoms with van der Waals surface area (Å²) in [4.78, 5) is 16.7. The van der Waals surface area contributed by atoms with Crippen LogP contribution in [0.5, 0.6) is 0 Å². The van der Waals surface area contributed by atoms with Crippen LogP contribution in [0.1, 0.15) is 6.42 Å². The van der Waals surface area contributed by atoms with Crippen LogP contribution in [0.25, 0.3) is 11.0 Å². The molecule has 0 radical (unpaired) electrons. The van der Waals surface area contributed by atoms with Gasteiger partial charge in [0.2, 0.25) is 0 Å². The first-order valence-electron chi connectivity index (χ1n) is 5.95. The minimum absolute atomic E-state index is 0.182. The predicted molar refractivity (Wildman–Crippen MR) is 74.0 cm³/mol. The predicted octanol–water partition coefficient (Wildman–Crippen LogP) is 2.07. The molecule has 0 amide bonds. The Bertz CT molecular complexity index is 613. The van der Waals surface area contributed by atoms with Gasteiger partial charge in [0.25, 0.3) is 0 Å². The number of aromatic nitrogens is 2. The molecule has 1 atom stereocenters. The van der Waals surface area contributed by atoms with Crippen molar-refractivity contribution in [1.82, 2.24) is 9.97 Å². The van der Waals surface area contributed by atoms with Gasteiger partial charge in [-0.15, -0.1) is 0 Å². The fraction of sp³-hybridized carbons (Fsp3) is 0.417. The molecule has 1 aliphatic rings. The van der Waals surface area contributed by atoms with E-state index in [-0.39, 0.29) is 5.69 Å². The molecule has 96 valence electrons. The lowest BCUT2D eigenvalue weighted by Crippen LogP contribution is -2.14.